The van der Waals surface area contributed by atoms with Gasteiger partial charge in [-0.25, -0.2) is 0 Å². The van der Waals surface area contributed by atoms with Gasteiger partial charge in [0.25, 0.3) is 0 Å². The van der Waals surface area contributed by atoms with E-state index in [2.05, 4.69) is 24.5 Å². The van der Waals surface area contributed by atoms with Crippen LogP contribution in [0, 0.1) is 5.41 Å². The van der Waals surface area contributed by atoms with Crippen molar-refractivity contribution in [1.82, 2.24) is 10.6 Å². The zero-order valence-electron chi connectivity index (χ0n) is 11.5. The van der Waals surface area contributed by atoms with E-state index in [1.807, 2.05) is 20.8 Å². The van der Waals surface area contributed by atoms with Crippen LogP contribution in [-0.4, -0.2) is 25.0 Å². The van der Waals surface area contributed by atoms with E-state index in [0.717, 1.165) is 6.54 Å². The van der Waals surface area contributed by atoms with Crippen LogP contribution in [0.3, 0.4) is 0 Å². The lowest BCUT2D eigenvalue weighted by Gasteiger charge is -2.26. The van der Waals surface area contributed by atoms with Crippen molar-refractivity contribution >= 4 is 5.91 Å². The molecule has 0 rings (SSSR count). The molecule has 0 radical (unpaired) electrons. The minimum absolute atomic E-state index is 0.130. The molecule has 96 valence electrons. The zero-order chi connectivity index (χ0) is 12.6. The Balaban J connectivity index is 3.92. The van der Waals surface area contributed by atoms with Crippen molar-refractivity contribution in [3.8, 4) is 0 Å². The Hall–Kier alpha value is -0.570. The quantitative estimate of drug-likeness (QED) is 0.669. The molecule has 1 amide bonds. The van der Waals surface area contributed by atoms with Crippen molar-refractivity contribution in [1.29, 1.82) is 0 Å². The summed E-state index contributed by atoms with van der Waals surface area (Å²) in [5.41, 5.74) is -0.323. The predicted octanol–water partition coefficient (Wildman–Crippen LogP) is 2.32. The van der Waals surface area contributed by atoms with Gasteiger partial charge in [-0.2, -0.15) is 0 Å². The van der Waals surface area contributed by atoms with Crippen molar-refractivity contribution < 1.29 is 4.79 Å². The number of unbranched alkanes of at least 4 members (excludes halogenated alkanes) is 1. The predicted molar refractivity (Wildman–Crippen MR) is 69.5 cm³/mol. The summed E-state index contributed by atoms with van der Waals surface area (Å²) in [5, 5.41) is 6.31. The van der Waals surface area contributed by atoms with Gasteiger partial charge in [0.05, 0.1) is 5.41 Å². The van der Waals surface area contributed by atoms with E-state index < -0.39 is 0 Å². The van der Waals surface area contributed by atoms with Crippen molar-refractivity contribution in [3.05, 3.63) is 0 Å². The van der Waals surface area contributed by atoms with E-state index in [1.165, 1.54) is 19.3 Å². The molecule has 0 bridgehead atoms. The highest BCUT2D eigenvalue weighted by atomic mass is 16.2. The molecule has 0 aliphatic rings. The average Bonchev–Trinajstić information content (AvgIpc) is 2.24. The van der Waals surface area contributed by atoms with Crippen LogP contribution in [-0.2, 0) is 4.79 Å². The van der Waals surface area contributed by atoms with Gasteiger partial charge in [0.15, 0.2) is 0 Å². The van der Waals surface area contributed by atoms with E-state index in [-0.39, 0.29) is 11.3 Å². The summed E-state index contributed by atoms with van der Waals surface area (Å²) in [6, 6.07) is 0.494. The summed E-state index contributed by atoms with van der Waals surface area (Å²) >= 11 is 0. The van der Waals surface area contributed by atoms with E-state index in [0.29, 0.717) is 12.6 Å². The third kappa shape index (κ3) is 6.11. The molecule has 1 atom stereocenters. The first-order valence-corrected chi connectivity index (χ1v) is 6.45. The van der Waals surface area contributed by atoms with E-state index >= 15 is 0 Å². The fraction of sp³-hybridized carbons (Fsp3) is 0.923. The fourth-order valence-electron chi connectivity index (χ4n) is 1.52. The molecule has 3 heteroatoms. The average molecular weight is 228 g/mol. The van der Waals surface area contributed by atoms with Crippen LogP contribution in [0.15, 0.2) is 0 Å². The number of hydrogen-bond donors (Lipinski definition) is 2. The highest BCUT2D eigenvalue weighted by molar-refractivity contribution is 5.81. The summed E-state index contributed by atoms with van der Waals surface area (Å²) in [5.74, 6) is 0.130. The Kier molecular flexibility index (Phi) is 7.39. The SMILES string of the molecule is CCCCC(C)NCC(C)(C)C(=O)NCC. The largest absolute Gasteiger partial charge is 0.356 e. The molecule has 3 nitrogen and oxygen atoms in total. The molecule has 0 fully saturated rings. The minimum Gasteiger partial charge on any atom is -0.356 e. The fourth-order valence-corrected chi connectivity index (χ4v) is 1.52. The number of rotatable bonds is 8. The molecule has 16 heavy (non-hydrogen) atoms. The highest BCUT2D eigenvalue weighted by Crippen LogP contribution is 2.14. The summed E-state index contributed by atoms with van der Waals surface area (Å²) in [4.78, 5) is 11.7. The molecular formula is C13H28N2O. The van der Waals surface area contributed by atoms with Gasteiger partial charge in [0.1, 0.15) is 0 Å². The second kappa shape index (κ2) is 7.66. The number of carbonyl (C=O) groups excluding carboxylic acids is 1. The van der Waals surface area contributed by atoms with Crippen molar-refractivity contribution in [3.63, 3.8) is 0 Å². The lowest BCUT2D eigenvalue weighted by Crippen LogP contribution is -2.45. The molecular weight excluding hydrogens is 200 g/mol. The van der Waals surface area contributed by atoms with E-state index in [9.17, 15) is 4.79 Å². The molecule has 0 aromatic rings. The smallest absolute Gasteiger partial charge is 0.226 e. The number of carbonyl (C=O) groups is 1. The van der Waals surface area contributed by atoms with Gasteiger partial charge in [-0.3, -0.25) is 4.79 Å². The third-order valence-corrected chi connectivity index (χ3v) is 2.84. The lowest BCUT2D eigenvalue weighted by atomic mass is 9.91. The molecule has 0 aliphatic heterocycles. The summed E-state index contributed by atoms with van der Waals surface area (Å²) in [6.45, 7) is 11.7. The van der Waals surface area contributed by atoms with Gasteiger partial charge in [-0.05, 0) is 34.1 Å². The molecule has 2 N–H and O–H groups in total. The molecule has 0 aromatic carbocycles. The van der Waals surface area contributed by atoms with Crippen LogP contribution in [0.4, 0.5) is 0 Å². The van der Waals surface area contributed by atoms with E-state index in [1.54, 1.807) is 0 Å². The normalized spacial score (nSPS) is 13.6. The standard InChI is InChI=1S/C13H28N2O/c1-6-8-9-11(3)15-10-13(4,5)12(16)14-7-2/h11,15H,6-10H2,1-5H3,(H,14,16). The monoisotopic (exact) mass is 228 g/mol. The van der Waals surface area contributed by atoms with Crippen LogP contribution < -0.4 is 10.6 Å². The molecule has 0 saturated carbocycles. The Morgan fingerprint density at radius 3 is 2.44 bits per heavy atom. The lowest BCUT2D eigenvalue weighted by molar-refractivity contribution is -0.129. The summed E-state index contributed by atoms with van der Waals surface area (Å²) < 4.78 is 0. The Labute approximate surface area is 100 Å². The Morgan fingerprint density at radius 2 is 1.94 bits per heavy atom. The molecule has 0 spiro atoms. The molecule has 0 heterocycles. The van der Waals surface area contributed by atoms with Gasteiger partial charge in [-0.15, -0.1) is 0 Å². The Bertz CT molecular complexity index is 202. The topological polar surface area (TPSA) is 41.1 Å². The van der Waals surface area contributed by atoms with Gasteiger partial charge in [0.2, 0.25) is 5.91 Å². The molecule has 1 unspecified atom stereocenters. The van der Waals surface area contributed by atoms with Gasteiger partial charge in [-0.1, -0.05) is 19.8 Å². The number of nitrogens with one attached hydrogen (secondary N) is 2. The molecule has 0 aliphatic carbocycles. The number of amides is 1. The number of hydrogen-bond acceptors (Lipinski definition) is 2. The minimum atomic E-state index is -0.323. The van der Waals surface area contributed by atoms with Crippen molar-refractivity contribution in [2.24, 2.45) is 5.41 Å². The summed E-state index contributed by atoms with van der Waals surface area (Å²) in [6.07, 6.45) is 3.66. The van der Waals surface area contributed by atoms with Crippen LogP contribution in [0.1, 0.15) is 53.9 Å². The van der Waals surface area contributed by atoms with Gasteiger partial charge >= 0.3 is 0 Å². The second-order valence-corrected chi connectivity index (χ2v) is 5.17. The summed E-state index contributed by atoms with van der Waals surface area (Å²) in [7, 11) is 0. The maximum Gasteiger partial charge on any atom is 0.226 e. The first kappa shape index (κ1) is 15.4. The maximum absolute atomic E-state index is 11.7. The molecule has 0 saturated heterocycles. The first-order chi connectivity index (χ1) is 7.44. The van der Waals surface area contributed by atoms with Crippen LogP contribution in [0.5, 0.6) is 0 Å². The van der Waals surface area contributed by atoms with Crippen LogP contribution in [0.25, 0.3) is 0 Å². The molecule has 0 aromatic heterocycles. The second-order valence-electron chi connectivity index (χ2n) is 5.17. The van der Waals surface area contributed by atoms with Gasteiger partial charge < -0.3 is 10.6 Å². The van der Waals surface area contributed by atoms with Crippen molar-refractivity contribution in [2.75, 3.05) is 13.1 Å². The zero-order valence-corrected chi connectivity index (χ0v) is 11.5. The van der Waals surface area contributed by atoms with Crippen LogP contribution >= 0.6 is 0 Å². The van der Waals surface area contributed by atoms with Gasteiger partial charge in [0, 0.05) is 19.1 Å². The first-order valence-electron chi connectivity index (χ1n) is 6.45. The van der Waals surface area contributed by atoms with Crippen LogP contribution in [0.2, 0.25) is 0 Å². The maximum atomic E-state index is 11.7. The Morgan fingerprint density at radius 1 is 1.31 bits per heavy atom. The van der Waals surface area contributed by atoms with E-state index in [4.69, 9.17) is 0 Å². The third-order valence-electron chi connectivity index (χ3n) is 2.84. The highest BCUT2D eigenvalue weighted by Gasteiger charge is 2.26. The van der Waals surface area contributed by atoms with Crippen molar-refractivity contribution in [2.45, 2.75) is 59.9 Å².